The van der Waals surface area contributed by atoms with Crippen molar-refractivity contribution in [2.75, 3.05) is 0 Å². The van der Waals surface area contributed by atoms with Gasteiger partial charge >= 0.3 is 17.1 Å². The fraction of sp³-hybridized carbons (Fsp3) is 0.360. The van der Waals surface area contributed by atoms with Gasteiger partial charge in [-0.15, -0.1) is 0 Å². The van der Waals surface area contributed by atoms with E-state index in [4.69, 9.17) is 4.84 Å². The second-order valence-corrected chi connectivity index (χ2v) is 7.90. The third-order valence-electron chi connectivity index (χ3n) is 4.49. The molecule has 2 nitrogen and oxygen atoms in total. The molecule has 1 N–H and O–H groups in total. The Morgan fingerprint density at radius 1 is 0.857 bits per heavy atom. The van der Waals surface area contributed by atoms with Gasteiger partial charge in [0.1, 0.15) is 6.10 Å². The number of benzene rings is 1. The average Bonchev–Trinajstić information content (AvgIpc) is 3.37. The molecule has 0 heterocycles. The third kappa shape index (κ3) is 8.99. The first kappa shape index (κ1) is 25.7. The molecule has 150 valence electrons. The van der Waals surface area contributed by atoms with Crippen LogP contribution in [-0.4, -0.2) is 6.04 Å². The second-order valence-electron chi connectivity index (χ2n) is 7.90. The van der Waals surface area contributed by atoms with Gasteiger partial charge in [0.2, 0.25) is 0 Å². The molecule has 0 saturated heterocycles. The molecule has 1 aromatic rings. The average molecular weight is 419 g/mol. The number of hydroxylamine groups is 1. The monoisotopic (exact) mass is 419 g/mol. The van der Waals surface area contributed by atoms with E-state index in [1.807, 2.05) is 38.2 Å². The van der Waals surface area contributed by atoms with Gasteiger partial charge in [-0.05, 0) is 75.2 Å². The van der Waals surface area contributed by atoms with Gasteiger partial charge < -0.3 is 0 Å². The van der Waals surface area contributed by atoms with Gasteiger partial charge in [0.25, 0.3) is 0 Å². The normalized spacial score (nSPS) is 19.4. The largest absolute Gasteiger partial charge is 2.00 e. The summed E-state index contributed by atoms with van der Waals surface area (Å²) in [6.07, 6.45) is 20.7. The zero-order chi connectivity index (χ0) is 19.5. The molecule has 0 aromatic heterocycles. The van der Waals surface area contributed by atoms with E-state index in [1.54, 1.807) is 0 Å². The van der Waals surface area contributed by atoms with Crippen molar-refractivity contribution < 1.29 is 21.9 Å². The molecule has 2 aliphatic rings. The summed E-state index contributed by atoms with van der Waals surface area (Å²) >= 11 is 0. The van der Waals surface area contributed by atoms with E-state index < -0.39 is 0 Å². The molecule has 1 aromatic carbocycles. The number of rotatable bonds is 7. The molecule has 2 fully saturated rings. The molecule has 0 unspecified atom stereocenters. The van der Waals surface area contributed by atoms with Crippen LogP contribution in [0.25, 0.3) is 0 Å². The maximum absolute atomic E-state index is 6.13. The van der Waals surface area contributed by atoms with Crippen LogP contribution in [-0.2, 0) is 21.9 Å². The first-order chi connectivity index (χ1) is 13.0. The molecule has 2 aliphatic carbocycles. The molecule has 0 amide bonds. The molecule has 3 rings (SSSR count). The topological polar surface area (TPSA) is 21.3 Å². The fourth-order valence-electron chi connectivity index (χ4n) is 3.02. The predicted molar refractivity (Wildman–Crippen MR) is 113 cm³/mol. The first-order valence-electron chi connectivity index (χ1n) is 9.86. The Kier molecular flexibility index (Phi) is 12.7. The Bertz CT molecular complexity index is 481. The van der Waals surface area contributed by atoms with Gasteiger partial charge in [0.05, 0.1) is 0 Å². The van der Waals surface area contributed by atoms with Crippen LogP contribution in [0.15, 0.2) is 30.3 Å². The van der Waals surface area contributed by atoms with Crippen molar-refractivity contribution in [1.29, 1.82) is 0 Å². The van der Waals surface area contributed by atoms with Gasteiger partial charge in [0, 0.05) is 12.0 Å². The molecular weight excluding hydrogens is 386 g/mol. The van der Waals surface area contributed by atoms with E-state index in [1.165, 1.54) is 11.5 Å². The van der Waals surface area contributed by atoms with Crippen molar-refractivity contribution in [3.63, 3.8) is 0 Å². The SMILES string of the molecule is CCC[C@@H](ON[C@@H]([C]1[CH][CH][CH][CH]1)C(C)(C)C)c1ccccc1.[CH]1[CH][CH][CH][CH]1.[Fe+2]. The Balaban J connectivity index is 0.000000567. The molecule has 0 aliphatic heterocycles. The smallest absolute Gasteiger partial charge is 0.293 e. The molecule has 0 bridgehead atoms. The van der Waals surface area contributed by atoms with E-state index in [2.05, 4.69) is 83.1 Å². The number of hydrogen-bond donors (Lipinski definition) is 1. The van der Waals surface area contributed by atoms with Gasteiger partial charge in [-0.25, -0.2) is 0 Å². The van der Waals surface area contributed by atoms with Crippen LogP contribution >= 0.6 is 0 Å². The van der Waals surface area contributed by atoms with Gasteiger partial charge in [0.15, 0.2) is 0 Å². The van der Waals surface area contributed by atoms with Crippen molar-refractivity contribution in [2.45, 2.75) is 52.7 Å². The zero-order valence-electron chi connectivity index (χ0n) is 17.4. The predicted octanol–water partition coefficient (Wildman–Crippen LogP) is 5.89. The van der Waals surface area contributed by atoms with E-state index in [9.17, 15) is 0 Å². The molecule has 3 heteroatoms. The molecular formula is C25H33FeNO+2. The number of nitrogens with one attached hydrogen (secondary N) is 1. The summed E-state index contributed by atoms with van der Waals surface area (Å²) in [7, 11) is 0. The van der Waals surface area contributed by atoms with E-state index in [0.717, 1.165) is 12.8 Å². The maximum atomic E-state index is 6.13. The zero-order valence-corrected chi connectivity index (χ0v) is 18.5. The van der Waals surface area contributed by atoms with Crippen LogP contribution in [0.4, 0.5) is 0 Å². The molecule has 0 spiro atoms. The van der Waals surface area contributed by atoms with Crippen molar-refractivity contribution in [3.8, 4) is 0 Å². The molecule has 28 heavy (non-hydrogen) atoms. The second kappa shape index (κ2) is 13.8. The minimum absolute atomic E-state index is 0. The van der Waals surface area contributed by atoms with E-state index in [0.29, 0.717) is 0 Å². The van der Waals surface area contributed by atoms with E-state index in [-0.39, 0.29) is 34.6 Å². The molecule has 10 radical (unpaired) electrons. The van der Waals surface area contributed by atoms with Crippen molar-refractivity contribution in [3.05, 3.63) is 99.6 Å². The summed E-state index contributed by atoms with van der Waals surface area (Å²) in [4.78, 5) is 6.13. The summed E-state index contributed by atoms with van der Waals surface area (Å²) in [5, 5.41) is 0. The minimum Gasteiger partial charge on any atom is -0.293 e. The van der Waals surface area contributed by atoms with Crippen molar-refractivity contribution >= 4 is 0 Å². The van der Waals surface area contributed by atoms with E-state index >= 15 is 0 Å². The Morgan fingerprint density at radius 3 is 1.86 bits per heavy atom. The molecule has 2 saturated carbocycles. The van der Waals surface area contributed by atoms with Crippen LogP contribution in [0.1, 0.15) is 52.2 Å². The van der Waals surface area contributed by atoms with Gasteiger partial charge in [-0.2, -0.15) is 5.48 Å². The van der Waals surface area contributed by atoms with Gasteiger partial charge in [-0.3, -0.25) is 4.84 Å². The summed E-state index contributed by atoms with van der Waals surface area (Å²) in [6, 6.07) is 10.6. The summed E-state index contributed by atoms with van der Waals surface area (Å²) in [5.74, 6) is 1.27. The fourth-order valence-corrected chi connectivity index (χ4v) is 3.02. The third-order valence-corrected chi connectivity index (χ3v) is 4.49. The summed E-state index contributed by atoms with van der Waals surface area (Å²) < 4.78 is 0. The van der Waals surface area contributed by atoms with Crippen LogP contribution in [0.2, 0.25) is 0 Å². The van der Waals surface area contributed by atoms with Crippen LogP contribution in [0, 0.1) is 69.1 Å². The summed E-state index contributed by atoms with van der Waals surface area (Å²) in [5.41, 5.74) is 4.66. The van der Waals surface area contributed by atoms with Crippen molar-refractivity contribution in [2.24, 2.45) is 5.41 Å². The molecule has 2 atom stereocenters. The van der Waals surface area contributed by atoms with Crippen molar-refractivity contribution in [1.82, 2.24) is 5.48 Å². The Hall–Kier alpha value is -0.341. The summed E-state index contributed by atoms with van der Waals surface area (Å²) in [6.45, 7) is 8.90. The standard InChI is InChI=1S/C20H28NO.C5H5.Fe/c1-5-11-18(16-12-7-6-8-13-16)22-21-19(20(2,3)4)17-14-9-10-15-17;1-2-4-5-3-1;/h6-10,12-15,18-19,21H,5,11H2,1-4H3;1-5H;/q;;+2/t18-,19+;;/m1../s1. The van der Waals surface area contributed by atoms with Crippen LogP contribution in [0.3, 0.4) is 0 Å². The first-order valence-corrected chi connectivity index (χ1v) is 9.86. The minimum atomic E-state index is 0. The van der Waals surface area contributed by atoms with Crippen LogP contribution < -0.4 is 5.48 Å². The maximum Gasteiger partial charge on any atom is 2.00 e. The Morgan fingerprint density at radius 2 is 1.39 bits per heavy atom. The number of hydrogen-bond acceptors (Lipinski definition) is 2. The Labute approximate surface area is 185 Å². The van der Waals surface area contributed by atoms with Gasteiger partial charge in [-0.1, -0.05) is 64.4 Å². The quantitative estimate of drug-likeness (QED) is 0.440. The van der Waals surface area contributed by atoms with Crippen LogP contribution in [0.5, 0.6) is 0 Å².